The maximum absolute atomic E-state index is 8.70. The first kappa shape index (κ1) is 19.3. The smallest absolute Gasteiger partial charge is 0.246 e. The van der Waals surface area contributed by atoms with E-state index >= 15 is 0 Å². The van der Waals surface area contributed by atoms with Crippen molar-refractivity contribution in [2.24, 2.45) is 0 Å². The molecule has 1 heterocycles. The number of benzene rings is 2. The minimum atomic E-state index is 0.308. The molecule has 8 heteroatoms. The summed E-state index contributed by atoms with van der Waals surface area (Å²) >= 11 is 5.28. The van der Waals surface area contributed by atoms with E-state index in [0.29, 0.717) is 36.4 Å². The summed E-state index contributed by atoms with van der Waals surface area (Å²) in [5.41, 5.74) is 2.64. The highest BCUT2D eigenvalue weighted by Crippen LogP contribution is 2.20. The highest BCUT2D eigenvalue weighted by molar-refractivity contribution is 7.80. The van der Waals surface area contributed by atoms with E-state index in [4.69, 9.17) is 26.7 Å². The van der Waals surface area contributed by atoms with Gasteiger partial charge in [-0.25, -0.2) is 0 Å². The second kappa shape index (κ2) is 9.48. The summed E-state index contributed by atoms with van der Waals surface area (Å²) in [6, 6.07) is 17.1. The lowest BCUT2D eigenvalue weighted by Gasteiger charge is -2.09. The summed E-state index contributed by atoms with van der Waals surface area (Å²) in [6.45, 7) is 2.87. The molecule has 0 saturated carbocycles. The van der Waals surface area contributed by atoms with Gasteiger partial charge in [-0.15, -0.1) is 0 Å². The Labute approximate surface area is 168 Å². The lowest BCUT2D eigenvalue weighted by atomic mass is 10.1. The van der Waals surface area contributed by atoms with Gasteiger partial charge in [-0.2, -0.15) is 10.2 Å². The number of anilines is 1. The number of hydrogen-bond donors (Lipinski definition) is 2. The number of thiocarbonyl (C=S) groups is 1. The number of hydrogen-bond acceptors (Lipinski definition) is 6. The van der Waals surface area contributed by atoms with E-state index in [0.717, 1.165) is 22.6 Å². The zero-order chi connectivity index (χ0) is 19.8. The van der Waals surface area contributed by atoms with Gasteiger partial charge in [-0.1, -0.05) is 17.3 Å². The summed E-state index contributed by atoms with van der Waals surface area (Å²) in [5.74, 6) is 1.73. The average molecular weight is 393 g/mol. The van der Waals surface area contributed by atoms with Crippen LogP contribution in [-0.2, 0) is 13.0 Å². The number of rotatable bonds is 7. The van der Waals surface area contributed by atoms with Crippen LogP contribution < -0.4 is 15.4 Å². The maximum atomic E-state index is 8.70. The molecule has 3 rings (SSSR count). The summed E-state index contributed by atoms with van der Waals surface area (Å²) in [7, 11) is 0. The van der Waals surface area contributed by atoms with Crippen LogP contribution in [0.5, 0.6) is 5.75 Å². The molecule has 0 fully saturated rings. The van der Waals surface area contributed by atoms with Crippen molar-refractivity contribution in [3.8, 4) is 23.2 Å². The highest BCUT2D eigenvalue weighted by Gasteiger charge is 2.09. The van der Waals surface area contributed by atoms with Crippen molar-refractivity contribution in [2.75, 3.05) is 11.9 Å². The average Bonchev–Trinajstić information content (AvgIpc) is 3.18. The zero-order valence-electron chi connectivity index (χ0n) is 15.3. The Bertz CT molecular complexity index is 962. The van der Waals surface area contributed by atoms with Crippen LogP contribution in [0.3, 0.4) is 0 Å². The fourth-order valence-electron chi connectivity index (χ4n) is 2.44. The zero-order valence-corrected chi connectivity index (χ0v) is 16.1. The number of nitriles is 1. The molecular weight excluding hydrogens is 374 g/mol. The van der Waals surface area contributed by atoms with Crippen LogP contribution in [-0.4, -0.2) is 21.9 Å². The predicted octanol–water partition coefficient (Wildman–Crippen LogP) is 3.69. The molecule has 7 nitrogen and oxygen atoms in total. The Hall–Kier alpha value is -3.44. The molecule has 0 bridgehead atoms. The van der Waals surface area contributed by atoms with Crippen LogP contribution in [0.2, 0.25) is 0 Å². The number of aromatic nitrogens is 2. The molecule has 28 heavy (non-hydrogen) atoms. The first-order valence-corrected chi connectivity index (χ1v) is 9.15. The molecule has 142 valence electrons. The van der Waals surface area contributed by atoms with Crippen LogP contribution in [0.15, 0.2) is 53.1 Å². The molecule has 0 spiro atoms. The van der Waals surface area contributed by atoms with Crippen molar-refractivity contribution in [1.82, 2.24) is 15.5 Å². The van der Waals surface area contributed by atoms with Gasteiger partial charge in [0, 0.05) is 11.3 Å². The predicted molar refractivity (Wildman–Crippen MR) is 110 cm³/mol. The van der Waals surface area contributed by atoms with Crippen molar-refractivity contribution < 1.29 is 9.26 Å². The van der Waals surface area contributed by atoms with Gasteiger partial charge in [0.25, 0.3) is 0 Å². The van der Waals surface area contributed by atoms with Crippen LogP contribution in [0.1, 0.15) is 18.4 Å². The van der Waals surface area contributed by atoms with Crippen molar-refractivity contribution >= 4 is 23.0 Å². The molecule has 2 N–H and O–H groups in total. The Balaban J connectivity index is 1.52. The van der Waals surface area contributed by atoms with Crippen LogP contribution >= 0.6 is 12.2 Å². The minimum Gasteiger partial charge on any atom is -0.494 e. The second-order valence-corrected chi connectivity index (χ2v) is 6.22. The Morgan fingerprint density at radius 2 is 1.93 bits per heavy atom. The molecule has 0 radical (unpaired) electrons. The molecule has 0 atom stereocenters. The number of ether oxygens (including phenoxy) is 1. The maximum Gasteiger partial charge on any atom is 0.246 e. The normalized spacial score (nSPS) is 10.1. The molecule has 2 aromatic carbocycles. The third kappa shape index (κ3) is 5.28. The van der Waals surface area contributed by atoms with Gasteiger partial charge >= 0.3 is 0 Å². The summed E-state index contributed by atoms with van der Waals surface area (Å²) < 4.78 is 10.7. The fourth-order valence-corrected chi connectivity index (χ4v) is 2.63. The van der Waals surface area contributed by atoms with Crippen molar-refractivity contribution in [3.63, 3.8) is 0 Å². The van der Waals surface area contributed by atoms with E-state index in [1.165, 1.54) is 0 Å². The first-order chi connectivity index (χ1) is 13.7. The monoisotopic (exact) mass is 393 g/mol. The third-order valence-electron chi connectivity index (χ3n) is 3.79. The van der Waals surface area contributed by atoms with Crippen LogP contribution in [0.25, 0.3) is 11.4 Å². The molecule has 1 aromatic heterocycles. The molecule has 0 aliphatic carbocycles. The van der Waals surface area contributed by atoms with Gasteiger partial charge < -0.3 is 19.9 Å². The Kier molecular flexibility index (Phi) is 6.54. The van der Waals surface area contributed by atoms with E-state index < -0.39 is 0 Å². The number of nitrogens with one attached hydrogen (secondary N) is 2. The van der Waals surface area contributed by atoms with Gasteiger partial charge in [0.1, 0.15) is 5.75 Å². The lowest BCUT2D eigenvalue weighted by Crippen LogP contribution is -2.28. The lowest BCUT2D eigenvalue weighted by molar-refractivity contribution is 0.340. The first-order valence-electron chi connectivity index (χ1n) is 8.74. The standard InChI is InChI=1S/C20H19N5O2S/c1-2-26-17-9-5-15(6-10-17)19-24-18(27-25-19)13-22-20(28)23-16-7-3-14(4-8-16)11-12-21/h3-10H,2,11,13H2,1H3,(H2,22,23,28). The summed E-state index contributed by atoms with van der Waals surface area (Å²) in [5, 5.41) is 19.2. The molecular formula is C20H19N5O2S. The molecule has 0 saturated heterocycles. The topological polar surface area (TPSA) is 96.0 Å². The molecule has 0 amide bonds. The van der Waals surface area contributed by atoms with E-state index in [1.807, 2.05) is 55.5 Å². The van der Waals surface area contributed by atoms with E-state index in [2.05, 4.69) is 26.8 Å². The molecule has 0 aliphatic rings. The van der Waals surface area contributed by atoms with Gasteiger partial charge in [0.05, 0.1) is 25.6 Å². The molecule has 3 aromatic rings. The van der Waals surface area contributed by atoms with E-state index in [-0.39, 0.29) is 0 Å². The van der Waals surface area contributed by atoms with Crippen molar-refractivity contribution in [3.05, 3.63) is 60.0 Å². The second-order valence-electron chi connectivity index (χ2n) is 5.81. The molecule has 0 unspecified atom stereocenters. The van der Waals surface area contributed by atoms with E-state index in [1.54, 1.807) is 0 Å². The summed E-state index contributed by atoms with van der Waals surface area (Å²) in [6.07, 6.45) is 0.386. The third-order valence-corrected chi connectivity index (χ3v) is 4.03. The van der Waals surface area contributed by atoms with Crippen LogP contribution in [0.4, 0.5) is 5.69 Å². The van der Waals surface area contributed by atoms with Crippen molar-refractivity contribution in [1.29, 1.82) is 5.26 Å². The fraction of sp³-hybridized carbons (Fsp3) is 0.200. The van der Waals surface area contributed by atoms with E-state index in [9.17, 15) is 0 Å². The quantitative estimate of drug-likeness (QED) is 0.587. The summed E-state index contributed by atoms with van der Waals surface area (Å²) in [4.78, 5) is 4.37. The van der Waals surface area contributed by atoms with Crippen LogP contribution in [0, 0.1) is 11.3 Å². The minimum absolute atomic E-state index is 0.308. The van der Waals surface area contributed by atoms with Gasteiger partial charge in [0.15, 0.2) is 5.11 Å². The SMILES string of the molecule is CCOc1ccc(-c2noc(CNC(=S)Nc3ccc(CC#N)cc3)n2)cc1. The molecule has 0 aliphatic heterocycles. The Morgan fingerprint density at radius 3 is 2.61 bits per heavy atom. The Morgan fingerprint density at radius 1 is 1.18 bits per heavy atom. The number of nitrogens with zero attached hydrogens (tertiary/aromatic N) is 3. The van der Waals surface area contributed by atoms with Crippen molar-refractivity contribution in [2.45, 2.75) is 19.9 Å². The van der Waals surface area contributed by atoms with Gasteiger partial charge in [-0.3, -0.25) is 0 Å². The van der Waals surface area contributed by atoms with Gasteiger partial charge in [0.2, 0.25) is 11.7 Å². The largest absolute Gasteiger partial charge is 0.494 e. The van der Waals surface area contributed by atoms with Gasteiger partial charge in [-0.05, 0) is 61.1 Å². The highest BCUT2D eigenvalue weighted by atomic mass is 32.1.